The van der Waals surface area contributed by atoms with Crippen LogP contribution >= 0.6 is 0 Å². The molecule has 0 fully saturated rings. The van der Waals surface area contributed by atoms with Gasteiger partial charge in [-0.25, -0.2) is 0 Å². The van der Waals surface area contributed by atoms with Crippen LogP contribution in [0, 0.1) is 0 Å². The first kappa shape index (κ1) is 12.2. The van der Waals surface area contributed by atoms with E-state index >= 15 is 0 Å². The number of hydrogen-bond acceptors (Lipinski definition) is 2. The second-order valence-corrected chi connectivity index (χ2v) is 3.92. The van der Waals surface area contributed by atoms with Crippen LogP contribution in [0.25, 0.3) is 0 Å². The Hall–Kier alpha value is -0.890. The normalized spacial score (nSPS) is 14.2. The lowest BCUT2D eigenvalue weighted by Crippen LogP contribution is -2.24. The third-order valence-corrected chi connectivity index (χ3v) is 2.54. The van der Waals surface area contributed by atoms with Gasteiger partial charge < -0.3 is 5.32 Å². The summed E-state index contributed by atoms with van der Waals surface area (Å²) in [6.07, 6.45) is 1.08. The van der Waals surface area contributed by atoms with Gasteiger partial charge >= 0.3 is 0 Å². The molecule has 0 aliphatic carbocycles. The molecule has 0 amide bonds. The van der Waals surface area contributed by atoms with Crippen molar-refractivity contribution in [2.75, 3.05) is 6.54 Å². The van der Waals surface area contributed by atoms with Gasteiger partial charge in [-0.15, -0.1) is 0 Å². The molecule has 84 valence electrons. The van der Waals surface area contributed by atoms with E-state index in [1.807, 2.05) is 13.8 Å². The first-order valence-corrected chi connectivity index (χ1v) is 5.97. The number of nitrogens with zero attached hydrogens (tertiary/aromatic N) is 1. The molecule has 0 aromatic carbocycles. The van der Waals surface area contributed by atoms with Crippen LogP contribution in [0.2, 0.25) is 0 Å². The van der Waals surface area contributed by atoms with Crippen LogP contribution in [0.15, 0.2) is 12.1 Å². The Morgan fingerprint density at radius 1 is 1.27 bits per heavy atom. The van der Waals surface area contributed by atoms with Crippen molar-refractivity contribution in [3.63, 3.8) is 0 Å². The largest absolute Gasteiger partial charge is 0.312 e. The third-order valence-electron chi connectivity index (χ3n) is 2.54. The van der Waals surface area contributed by atoms with Crippen LogP contribution in [0.3, 0.4) is 0 Å². The number of aromatic nitrogens is 1. The maximum absolute atomic E-state index is 4.67. The molecule has 0 bridgehead atoms. The number of nitrogens with one attached hydrogen (secondary N) is 1. The molecule has 0 radical (unpaired) electrons. The van der Waals surface area contributed by atoms with Gasteiger partial charge in [0.15, 0.2) is 0 Å². The molecule has 0 unspecified atom stereocenters. The lowest BCUT2D eigenvalue weighted by Gasteiger charge is -2.17. The number of hydrogen-bond donors (Lipinski definition) is 1. The second kappa shape index (κ2) is 5.86. The second-order valence-electron chi connectivity index (χ2n) is 3.92. The van der Waals surface area contributed by atoms with E-state index in [-0.39, 0.29) is 0 Å². The SMILES string of the molecule is CC.CC(C)c1ccc2c(n1)CCNC2. The molecular formula is C13H22N2. The summed E-state index contributed by atoms with van der Waals surface area (Å²) in [5, 5.41) is 3.35. The predicted octanol–water partition coefficient (Wildman–Crippen LogP) is 2.88. The average Bonchev–Trinajstić information content (AvgIpc) is 2.31. The lowest BCUT2D eigenvalue weighted by atomic mass is 10.0. The molecule has 0 saturated carbocycles. The lowest BCUT2D eigenvalue weighted by molar-refractivity contribution is 0.623. The fraction of sp³-hybridized carbons (Fsp3) is 0.615. The molecule has 1 aliphatic rings. The van der Waals surface area contributed by atoms with Crippen molar-refractivity contribution in [2.24, 2.45) is 0 Å². The van der Waals surface area contributed by atoms with Gasteiger partial charge in [0.25, 0.3) is 0 Å². The quantitative estimate of drug-likeness (QED) is 0.764. The maximum atomic E-state index is 4.67. The van der Waals surface area contributed by atoms with Crippen molar-refractivity contribution in [2.45, 2.75) is 46.6 Å². The van der Waals surface area contributed by atoms with E-state index in [4.69, 9.17) is 0 Å². The highest BCUT2D eigenvalue weighted by Gasteiger charge is 2.11. The smallest absolute Gasteiger partial charge is 0.0464 e. The summed E-state index contributed by atoms with van der Waals surface area (Å²) in [7, 11) is 0. The minimum Gasteiger partial charge on any atom is -0.312 e. The highest BCUT2D eigenvalue weighted by atomic mass is 14.9. The monoisotopic (exact) mass is 206 g/mol. The molecule has 15 heavy (non-hydrogen) atoms. The summed E-state index contributed by atoms with van der Waals surface area (Å²) < 4.78 is 0. The Kier molecular flexibility index (Phi) is 4.76. The van der Waals surface area contributed by atoms with Gasteiger partial charge in [0.2, 0.25) is 0 Å². The molecule has 1 aromatic heterocycles. The van der Waals surface area contributed by atoms with Gasteiger partial charge in [0.1, 0.15) is 0 Å². The van der Waals surface area contributed by atoms with E-state index in [2.05, 4.69) is 36.3 Å². The molecule has 2 heterocycles. The minimum atomic E-state index is 0.542. The predicted molar refractivity (Wildman–Crippen MR) is 65.1 cm³/mol. The van der Waals surface area contributed by atoms with Crippen molar-refractivity contribution >= 4 is 0 Å². The van der Waals surface area contributed by atoms with E-state index in [1.54, 1.807) is 0 Å². The first-order valence-electron chi connectivity index (χ1n) is 5.97. The summed E-state index contributed by atoms with van der Waals surface area (Å²) in [4.78, 5) is 4.67. The Labute approximate surface area is 93.1 Å². The van der Waals surface area contributed by atoms with Gasteiger partial charge in [-0.05, 0) is 17.5 Å². The maximum Gasteiger partial charge on any atom is 0.0464 e. The van der Waals surface area contributed by atoms with Crippen molar-refractivity contribution < 1.29 is 0 Å². The van der Waals surface area contributed by atoms with E-state index in [1.165, 1.54) is 17.0 Å². The topological polar surface area (TPSA) is 24.9 Å². The van der Waals surface area contributed by atoms with E-state index < -0.39 is 0 Å². The highest BCUT2D eigenvalue weighted by molar-refractivity contribution is 5.26. The minimum absolute atomic E-state index is 0.542. The van der Waals surface area contributed by atoms with E-state index in [0.29, 0.717) is 5.92 Å². The Bertz CT molecular complexity index is 305. The Balaban J connectivity index is 0.000000531. The van der Waals surface area contributed by atoms with E-state index in [9.17, 15) is 0 Å². The molecule has 1 aliphatic heterocycles. The molecule has 2 heteroatoms. The number of pyridine rings is 1. The number of fused-ring (bicyclic) bond motifs is 1. The first-order chi connectivity index (χ1) is 7.27. The van der Waals surface area contributed by atoms with Crippen LogP contribution in [0.1, 0.15) is 50.6 Å². The zero-order valence-corrected chi connectivity index (χ0v) is 10.3. The third kappa shape index (κ3) is 3.03. The standard InChI is InChI=1S/C11H16N2.C2H6/c1-8(2)10-4-3-9-7-12-6-5-11(9)13-10;1-2/h3-4,8,12H,5-7H2,1-2H3;1-2H3. The van der Waals surface area contributed by atoms with E-state index in [0.717, 1.165) is 19.5 Å². The summed E-state index contributed by atoms with van der Waals surface area (Å²) in [5.74, 6) is 0.542. The zero-order chi connectivity index (χ0) is 11.3. The molecular weight excluding hydrogens is 184 g/mol. The van der Waals surface area contributed by atoms with Crippen LogP contribution in [0.4, 0.5) is 0 Å². The molecule has 2 rings (SSSR count). The summed E-state index contributed by atoms with van der Waals surface area (Å²) in [6, 6.07) is 4.36. The number of rotatable bonds is 1. The average molecular weight is 206 g/mol. The van der Waals surface area contributed by atoms with Crippen molar-refractivity contribution in [3.05, 3.63) is 29.1 Å². The van der Waals surface area contributed by atoms with Crippen LogP contribution in [0.5, 0.6) is 0 Å². The van der Waals surface area contributed by atoms with Crippen LogP contribution in [-0.2, 0) is 13.0 Å². The molecule has 0 spiro atoms. The molecule has 2 nitrogen and oxygen atoms in total. The Morgan fingerprint density at radius 3 is 2.67 bits per heavy atom. The fourth-order valence-corrected chi connectivity index (χ4v) is 1.68. The molecule has 1 aromatic rings. The van der Waals surface area contributed by atoms with Gasteiger partial charge in [-0.2, -0.15) is 0 Å². The fourth-order valence-electron chi connectivity index (χ4n) is 1.68. The van der Waals surface area contributed by atoms with Gasteiger partial charge in [-0.1, -0.05) is 33.8 Å². The van der Waals surface area contributed by atoms with Crippen LogP contribution in [-0.4, -0.2) is 11.5 Å². The molecule has 0 atom stereocenters. The summed E-state index contributed by atoms with van der Waals surface area (Å²) in [6.45, 7) is 10.4. The van der Waals surface area contributed by atoms with Crippen molar-refractivity contribution in [1.82, 2.24) is 10.3 Å². The summed E-state index contributed by atoms with van der Waals surface area (Å²) >= 11 is 0. The van der Waals surface area contributed by atoms with Crippen molar-refractivity contribution in [1.29, 1.82) is 0 Å². The van der Waals surface area contributed by atoms with Crippen molar-refractivity contribution in [3.8, 4) is 0 Å². The molecule has 0 saturated heterocycles. The summed E-state index contributed by atoms with van der Waals surface area (Å²) in [5.41, 5.74) is 3.89. The van der Waals surface area contributed by atoms with Gasteiger partial charge in [0, 0.05) is 30.9 Å². The van der Waals surface area contributed by atoms with Gasteiger partial charge in [-0.3, -0.25) is 4.98 Å². The van der Waals surface area contributed by atoms with Gasteiger partial charge in [0.05, 0.1) is 0 Å². The zero-order valence-electron chi connectivity index (χ0n) is 10.3. The van der Waals surface area contributed by atoms with Crippen LogP contribution < -0.4 is 5.32 Å². The highest BCUT2D eigenvalue weighted by Crippen LogP contribution is 2.17. The Morgan fingerprint density at radius 2 is 2.00 bits per heavy atom. The molecule has 1 N–H and O–H groups in total.